The van der Waals surface area contributed by atoms with Gasteiger partial charge >= 0.3 is 0 Å². The number of aromatic nitrogens is 2. The van der Waals surface area contributed by atoms with Crippen LogP contribution in [0.5, 0.6) is 0 Å². The van der Waals surface area contributed by atoms with Gasteiger partial charge in [0.25, 0.3) is 0 Å². The number of anilines is 3. The highest BCUT2D eigenvalue weighted by Crippen LogP contribution is 2.52. The highest BCUT2D eigenvalue weighted by atomic mass is 15.2. The normalized spacial score (nSPS) is 14.4. The van der Waals surface area contributed by atoms with Crippen LogP contribution in [0.3, 0.4) is 0 Å². The van der Waals surface area contributed by atoms with Gasteiger partial charge in [-0.3, -0.25) is 9.13 Å². The smallest absolute Gasteiger partial charge is 0.130 e. The number of hydrogen-bond donors (Lipinski definition) is 0. The first-order valence-electron chi connectivity index (χ1n) is 18.3. The number of hydrogen-bond acceptors (Lipinski definition) is 1. The van der Waals surface area contributed by atoms with E-state index < -0.39 is 0 Å². The predicted molar refractivity (Wildman–Crippen MR) is 216 cm³/mol. The third-order valence-corrected chi connectivity index (χ3v) is 11.3. The van der Waals surface area contributed by atoms with E-state index in [0.29, 0.717) is 0 Å². The molecule has 1 aliphatic carbocycles. The maximum absolute atomic E-state index is 2.52. The summed E-state index contributed by atoms with van der Waals surface area (Å²) in [4.78, 5) is 2.36. The first-order chi connectivity index (χ1) is 24.8. The van der Waals surface area contributed by atoms with Gasteiger partial charge in [-0.25, -0.2) is 0 Å². The SMILES string of the molecule is CC.CC1(C)c2cc(N(c3ccccc3)c3ccccc3)ccc2-c2ccc(-n3c4ccccc4c4cc5n(c43)-c3ccccc3C5(C)C)cc21. The average Bonchev–Trinajstić information content (AvgIpc) is 3.84. The first-order valence-corrected chi connectivity index (χ1v) is 18.3. The summed E-state index contributed by atoms with van der Waals surface area (Å²) in [5.41, 5.74) is 16.3. The van der Waals surface area contributed by atoms with Crippen LogP contribution in [0.1, 0.15) is 63.9 Å². The second-order valence-corrected chi connectivity index (χ2v) is 14.7. The van der Waals surface area contributed by atoms with Gasteiger partial charge in [-0.2, -0.15) is 0 Å². The zero-order valence-electron chi connectivity index (χ0n) is 30.3. The van der Waals surface area contributed by atoms with Crippen molar-refractivity contribution < 1.29 is 0 Å². The van der Waals surface area contributed by atoms with Crippen LogP contribution in [0.15, 0.2) is 152 Å². The van der Waals surface area contributed by atoms with Crippen molar-refractivity contribution in [2.24, 2.45) is 0 Å². The second kappa shape index (κ2) is 11.4. The Kier molecular flexibility index (Phi) is 6.95. The minimum Gasteiger partial charge on any atom is -0.310 e. The summed E-state index contributed by atoms with van der Waals surface area (Å²) in [5, 5.41) is 2.60. The Morgan fingerprint density at radius 1 is 0.451 bits per heavy atom. The fourth-order valence-electron chi connectivity index (χ4n) is 8.82. The Balaban J connectivity index is 0.00000171. The van der Waals surface area contributed by atoms with Gasteiger partial charge in [-0.05, 0) is 94.5 Å². The van der Waals surface area contributed by atoms with Crippen molar-refractivity contribution >= 4 is 39.0 Å². The molecular weight excluding hydrogens is 619 g/mol. The van der Waals surface area contributed by atoms with Crippen LogP contribution >= 0.6 is 0 Å². The molecule has 0 amide bonds. The quantitative estimate of drug-likeness (QED) is 0.183. The lowest BCUT2D eigenvalue weighted by molar-refractivity contribution is 0.644. The molecule has 0 fully saturated rings. The van der Waals surface area contributed by atoms with Gasteiger partial charge in [0, 0.05) is 50.0 Å². The standard InChI is InChI=1S/C46H37N3.C2H6/c1-45(2)39-27-32(47(30-15-7-5-8-16-30)31-17-9-6-10-18-31)23-25-34(39)35-26-24-33(28-40(35)45)48-41-21-13-11-19-36(41)37-29-43-46(3,4)38-20-12-14-22-42(38)49(43)44(37)48;1-2/h5-29H,1-4H3;1-2H3. The Bertz CT molecular complexity index is 2560. The maximum atomic E-state index is 2.52. The summed E-state index contributed by atoms with van der Waals surface area (Å²) in [6, 6.07) is 55.8. The molecule has 2 aromatic heterocycles. The van der Waals surface area contributed by atoms with E-state index >= 15 is 0 Å². The van der Waals surface area contributed by atoms with Gasteiger partial charge in [0.2, 0.25) is 0 Å². The minimum atomic E-state index is -0.187. The monoisotopic (exact) mass is 661 g/mol. The van der Waals surface area contributed by atoms with Gasteiger partial charge in [0.05, 0.1) is 11.2 Å². The largest absolute Gasteiger partial charge is 0.310 e. The van der Waals surface area contributed by atoms with Gasteiger partial charge in [0.15, 0.2) is 0 Å². The van der Waals surface area contributed by atoms with Crippen molar-refractivity contribution in [1.29, 1.82) is 0 Å². The molecule has 10 rings (SSSR count). The lowest BCUT2D eigenvalue weighted by atomic mass is 9.82. The molecule has 3 heteroatoms. The van der Waals surface area contributed by atoms with E-state index in [-0.39, 0.29) is 10.8 Å². The van der Waals surface area contributed by atoms with Crippen molar-refractivity contribution in [3.8, 4) is 22.5 Å². The molecule has 0 saturated carbocycles. The van der Waals surface area contributed by atoms with Gasteiger partial charge in [-0.15, -0.1) is 0 Å². The second-order valence-electron chi connectivity index (χ2n) is 14.7. The van der Waals surface area contributed by atoms with Crippen molar-refractivity contribution in [3.63, 3.8) is 0 Å². The molecule has 0 N–H and O–H groups in total. The maximum Gasteiger partial charge on any atom is 0.130 e. The van der Waals surface area contributed by atoms with E-state index in [1.54, 1.807) is 0 Å². The van der Waals surface area contributed by atoms with Crippen molar-refractivity contribution in [1.82, 2.24) is 9.13 Å². The molecule has 0 atom stereocenters. The fraction of sp³-hybridized carbons (Fsp3) is 0.167. The number of para-hydroxylation sites is 4. The van der Waals surface area contributed by atoms with E-state index in [2.05, 4.69) is 193 Å². The average molecular weight is 662 g/mol. The summed E-state index contributed by atoms with van der Waals surface area (Å²) in [6.45, 7) is 13.5. The van der Waals surface area contributed by atoms with Crippen LogP contribution in [-0.2, 0) is 10.8 Å². The van der Waals surface area contributed by atoms with Crippen LogP contribution in [0.4, 0.5) is 17.1 Å². The minimum absolute atomic E-state index is 0.0752. The predicted octanol–water partition coefficient (Wildman–Crippen LogP) is 13.0. The zero-order valence-corrected chi connectivity index (χ0v) is 30.3. The van der Waals surface area contributed by atoms with Crippen LogP contribution in [0.2, 0.25) is 0 Å². The molecule has 1 aliphatic heterocycles. The molecule has 51 heavy (non-hydrogen) atoms. The highest BCUT2D eigenvalue weighted by molar-refractivity contribution is 6.10. The van der Waals surface area contributed by atoms with Crippen LogP contribution in [0.25, 0.3) is 44.4 Å². The Morgan fingerprint density at radius 2 is 1.04 bits per heavy atom. The number of nitrogens with zero attached hydrogens (tertiary/aromatic N) is 3. The number of benzene rings is 6. The summed E-state index contributed by atoms with van der Waals surface area (Å²) >= 11 is 0. The van der Waals surface area contributed by atoms with E-state index in [0.717, 1.165) is 11.4 Å². The summed E-state index contributed by atoms with van der Waals surface area (Å²) in [5.74, 6) is 0. The van der Waals surface area contributed by atoms with E-state index in [4.69, 9.17) is 0 Å². The summed E-state index contributed by atoms with van der Waals surface area (Å²) in [7, 11) is 0. The lowest BCUT2D eigenvalue weighted by Gasteiger charge is -2.28. The summed E-state index contributed by atoms with van der Waals surface area (Å²) < 4.78 is 5.02. The van der Waals surface area contributed by atoms with Crippen molar-refractivity contribution in [2.75, 3.05) is 4.90 Å². The van der Waals surface area contributed by atoms with E-state index in [1.165, 1.54) is 72.5 Å². The molecule has 2 aliphatic rings. The lowest BCUT2D eigenvalue weighted by Crippen LogP contribution is -2.17. The van der Waals surface area contributed by atoms with E-state index in [1.807, 2.05) is 13.8 Å². The molecule has 0 bridgehead atoms. The fourth-order valence-corrected chi connectivity index (χ4v) is 8.82. The molecule has 3 nitrogen and oxygen atoms in total. The van der Waals surface area contributed by atoms with E-state index in [9.17, 15) is 0 Å². The molecule has 3 heterocycles. The molecule has 6 aromatic carbocycles. The highest BCUT2D eigenvalue weighted by Gasteiger charge is 2.40. The van der Waals surface area contributed by atoms with Gasteiger partial charge in [0.1, 0.15) is 5.65 Å². The van der Waals surface area contributed by atoms with Gasteiger partial charge in [-0.1, -0.05) is 126 Å². The Hall–Kier alpha value is -5.80. The molecule has 250 valence electrons. The van der Waals surface area contributed by atoms with Crippen molar-refractivity contribution in [3.05, 3.63) is 174 Å². The van der Waals surface area contributed by atoms with Gasteiger partial charge < -0.3 is 4.90 Å². The molecule has 0 radical (unpaired) electrons. The van der Waals surface area contributed by atoms with Crippen LogP contribution in [0, 0.1) is 0 Å². The molecule has 8 aromatic rings. The number of rotatable bonds is 4. The topological polar surface area (TPSA) is 13.1 Å². The third-order valence-electron chi connectivity index (χ3n) is 11.3. The van der Waals surface area contributed by atoms with Crippen LogP contribution in [-0.4, -0.2) is 9.13 Å². The zero-order chi connectivity index (χ0) is 35.1. The van der Waals surface area contributed by atoms with Crippen molar-refractivity contribution in [2.45, 2.75) is 52.4 Å². The molecular formula is C48H43N3. The third kappa shape index (κ3) is 4.37. The molecule has 0 saturated heterocycles. The number of fused-ring (bicyclic) bond motifs is 10. The Morgan fingerprint density at radius 3 is 1.75 bits per heavy atom. The Labute approximate surface area is 301 Å². The molecule has 0 spiro atoms. The molecule has 0 unspecified atom stereocenters. The summed E-state index contributed by atoms with van der Waals surface area (Å²) in [6.07, 6.45) is 0. The van der Waals surface area contributed by atoms with Crippen LogP contribution < -0.4 is 4.90 Å². The first kappa shape index (κ1) is 31.2.